The first-order valence-electron chi connectivity index (χ1n) is 4.46. The van der Waals surface area contributed by atoms with E-state index >= 15 is 0 Å². The summed E-state index contributed by atoms with van der Waals surface area (Å²) in [6.45, 7) is 4.43. The molecule has 2 heteroatoms. The second-order valence-corrected chi connectivity index (χ2v) is 4.72. The number of fused-ring (bicyclic) bond motifs is 1. The van der Waals surface area contributed by atoms with Gasteiger partial charge in [0, 0.05) is 15.3 Å². The van der Waals surface area contributed by atoms with Gasteiger partial charge in [0.25, 0.3) is 0 Å². The van der Waals surface area contributed by atoms with E-state index in [2.05, 4.69) is 26.0 Å². The van der Waals surface area contributed by atoms with Crippen LogP contribution in [0.3, 0.4) is 0 Å². The van der Waals surface area contributed by atoms with Gasteiger partial charge in [-0.3, -0.25) is 0 Å². The monoisotopic (exact) mass is 191 g/mol. The van der Waals surface area contributed by atoms with Crippen molar-refractivity contribution in [2.45, 2.75) is 19.8 Å². The molecule has 1 heterocycles. The first-order valence-corrected chi connectivity index (χ1v) is 5.27. The number of hydrogen-bond donors (Lipinski definition) is 1. The van der Waals surface area contributed by atoms with Crippen LogP contribution in [0.15, 0.2) is 24.3 Å². The van der Waals surface area contributed by atoms with Crippen LogP contribution < -0.4 is 5.73 Å². The Morgan fingerprint density at radius 1 is 1.23 bits per heavy atom. The second-order valence-electron chi connectivity index (χ2n) is 3.60. The van der Waals surface area contributed by atoms with E-state index in [4.69, 9.17) is 5.73 Å². The molecule has 2 rings (SSSR count). The topological polar surface area (TPSA) is 26.0 Å². The van der Waals surface area contributed by atoms with Gasteiger partial charge < -0.3 is 5.73 Å². The van der Waals surface area contributed by atoms with Crippen LogP contribution in [0.1, 0.15) is 24.6 Å². The smallest absolute Gasteiger partial charge is 0.0347 e. The van der Waals surface area contributed by atoms with Crippen molar-refractivity contribution in [1.29, 1.82) is 0 Å². The highest BCUT2D eigenvalue weighted by atomic mass is 32.1. The Morgan fingerprint density at radius 2 is 2.00 bits per heavy atom. The Morgan fingerprint density at radius 3 is 2.69 bits per heavy atom. The minimum absolute atomic E-state index is 0.610. The highest BCUT2D eigenvalue weighted by Crippen LogP contribution is 2.31. The summed E-state index contributed by atoms with van der Waals surface area (Å²) in [4.78, 5) is 1.43. The third-order valence-electron chi connectivity index (χ3n) is 2.13. The Labute approximate surface area is 82.2 Å². The van der Waals surface area contributed by atoms with E-state index in [-0.39, 0.29) is 0 Å². The normalized spacial score (nSPS) is 11.3. The zero-order valence-corrected chi connectivity index (χ0v) is 8.69. The fourth-order valence-corrected chi connectivity index (χ4v) is 2.41. The van der Waals surface area contributed by atoms with Gasteiger partial charge in [-0.15, -0.1) is 11.3 Å². The van der Waals surface area contributed by atoms with Crippen molar-refractivity contribution >= 4 is 27.1 Å². The average Bonchev–Trinajstić information content (AvgIpc) is 2.46. The zero-order valence-electron chi connectivity index (χ0n) is 7.87. The Bertz CT molecular complexity index is 429. The molecule has 0 aliphatic carbocycles. The summed E-state index contributed by atoms with van der Waals surface area (Å²) in [5.74, 6) is 0.610. The molecule has 68 valence electrons. The lowest BCUT2D eigenvalue weighted by Gasteiger charge is -1.96. The van der Waals surface area contributed by atoms with E-state index in [1.54, 1.807) is 0 Å². The summed E-state index contributed by atoms with van der Waals surface area (Å²) in [6.07, 6.45) is 0. The first-order chi connectivity index (χ1) is 6.16. The summed E-state index contributed by atoms with van der Waals surface area (Å²) < 4.78 is 1.33. The number of nitrogen functional groups attached to an aromatic ring is 1. The molecule has 1 nitrogen and oxygen atoms in total. The standard InChI is InChI=1S/C11H13NS/c1-7(2)11-6-8-5-9(12)3-4-10(8)13-11/h3-7H,12H2,1-2H3. The molecule has 2 N–H and O–H groups in total. The fourth-order valence-electron chi connectivity index (χ4n) is 1.37. The lowest BCUT2D eigenvalue weighted by Crippen LogP contribution is -1.81. The van der Waals surface area contributed by atoms with Crippen molar-refractivity contribution in [2.75, 3.05) is 5.73 Å². The molecule has 2 aromatic rings. The number of hydrogen-bond acceptors (Lipinski definition) is 2. The highest BCUT2D eigenvalue weighted by molar-refractivity contribution is 7.19. The molecule has 0 spiro atoms. The zero-order chi connectivity index (χ0) is 9.42. The third-order valence-corrected chi connectivity index (χ3v) is 3.55. The minimum atomic E-state index is 0.610. The molecular formula is C11H13NS. The lowest BCUT2D eigenvalue weighted by molar-refractivity contribution is 0.890. The highest BCUT2D eigenvalue weighted by Gasteiger charge is 2.04. The number of thiophene rings is 1. The molecule has 1 aromatic carbocycles. The molecule has 0 saturated carbocycles. The molecule has 0 saturated heterocycles. The van der Waals surface area contributed by atoms with Crippen LogP contribution in [0.5, 0.6) is 0 Å². The van der Waals surface area contributed by atoms with E-state index in [0.29, 0.717) is 5.92 Å². The SMILES string of the molecule is CC(C)c1cc2cc(N)ccc2s1. The summed E-state index contributed by atoms with van der Waals surface area (Å²) in [6, 6.07) is 8.34. The number of anilines is 1. The van der Waals surface area contributed by atoms with Crippen molar-refractivity contribution in [3.8, 4) is 0 Å². The van der Waals surface area contributed by atoms with Crippen molar-refractivity contribution in [3.63, 3.8) is 0 Å². The summed E-state index contributed by atoms with van der Waals surface area (Å²) in [5, 5.41) is 1.27. The maximum atomic E-state index is 5.71. The van der Waals surface area contributed by atoms with E-state index in [1.807, 2.05) is 23.5 Å². The Hall–Kier alpha value is -1.02. The number of nitrogens with two attached hydrogens (primary N) is 1. The van der Waals surface area contributed by atoms with Gasteiger partial charge in [-0.2, -0.15) is 0 Å². The fraction of sp³-hybridized carbons (Fsp3) is 0.273. The minimum Gasteiger partial charge on any atom is -0.399 e. The molecule has 0 unspecified atom stereocenters. The van der Waals surface area contributed by atoms with E-state index in [0.717, 1.165) is 5.69 Å². The van der Waals surface area contributed by atoms with Crippen LogP contribution in [0, 0.1) is 0 Å². The van der Waals surface area contributed by atoms with Crippen LogP contribution in [0.25, 0.3) is 10.1 Å². The predicted molar refractivity (Wildman–Crippen MR) is 60.3 cm³/mol. The molecule has 0 aliphatic heterocycles. The van der Waals surface area contributed by atoms with Crippen LogP contribution in [0.4, 0.5) is 5.69 Å². The van der Waals surface area contributed by atoms with Crippen LogP contribution in [-0.2, 0) is 0 Å². The van der Waals surface area contributed by atoms with Crippen LogP contribution in [-0.4, -0.2) is 0 Å². The lowest BCUT2D eigenvalue weighted by atomic mass is 10.1. The van der Waals surface area contributed by atoms with Gasteiger partial charge in [-0.05, 0) is 35.6 Å². The van der Waals surface area contributed by atoms with Gasteiger partial charge >= 0.3 is 0 Å². The van der Waals surface area contributed by atoms with E-state index in [9.17, 15) is 0 Å². The van der Waals surface area contributed by atoms with Crippen molar-refractivity contribution in [2.24, 2.45) is 0 Å². The van der Waals surface area contributed by atoms with Crippen molar-refractivity contribution in [3.05, 3.63) is 29.1 Å². The predicted octanol–water partition coefficient (Wildman–Crippen LogP) is 3.61. The largest absolute Gasteiger partial charge is 0.399 e. The summed E-state index contributed by atoms with van der Waals surface area (Å²) in [7, 11) is 0. The number of benzene rings is 1. The average molecular weight is 191 g/mol. The maximum absolute atomic E-state index is 5.71. The van der Waals surface area contributed by atoms with Gasteiger partial charge in [0.2, 0.25) is 0 Å². The summed E-state index contributed by atoms with van der Waals surface area (Å²) in [5.41, 5.74) is 6.56. The summed E-state index contributed by atoms with van der Waals surface area (Å²) >= 11 is 1.86. The van der Waals surface area contributed by atoms with Crippen LogP contribution in [0.2, 0.25) is 0 Å². The number of rotatable bonds is 1. The molecule has 0 atom stereocenters. The Balaban J connectivity index is 2.62. The third kappa shape index (κ3) is 1.54. The molecule has 0 amide bonds. The van der Waals surface area contributed by atoms with Gasteiger partial charge in [0.05, 0.1) is 0 Å². The maximum Gasteiger partial charge on any atom is 0.0347 e. The van der Waals surface area contributed by atoms with Crippen LogP contribution >= 0.6 is 11.3 Å². The quantitative estimate of drug-likeness (QED) is 0.685. The Kier molecular flexibility index (Phi) is 2.00. The molecule has 0 bridgehead atoms. The molecular weight excluding hydrogens is 178 g/mol. The van der Waals surface area contributed by atoms with E-state index < -0.39 is 0 Å². The molecule has 0 aliphatic rings. The molecule has 13 heavy (non-hydrogen) atoms. The van der Waals surface area contributed by atoms with Gasteiger partial charge in [0.15, 0.2) is 0 Å². The van der Waals surface area contributed by atoms with Gasteiger partial charge in [0.1, 0.15) is 0 Å². The van der Waals surface area contributed by atoms with Gasteiger partial charge in [-0.1, -0.05) is 13.8 Å². The second kappa shape index (κ2) is 3.04. The molecule has 0 radical (unpaired) electrons. The van der Waals surface area contributed by atoms with Crippen molar-refractivity contribution < 1.29 is 0 Å². The molecule has 1 aromatic heterocycles. The van der Waals surface area contributed by atoms with Gasteiger partial charge in [-0.25, -0.2) is 0 Å². The van der Waals surface area contributed by atoms with Crippen molar-refractivity contribution in [1.82, 2.24) is 0 Å². The van der Waals surface area contributed by atoms with E-state index in [1.165, 1.54) is 15.0 Å². The molecule has 0 fully saturated rings. The first kappa shape index (κ1) is 8.57.